The second-order valence-electron chi connectivity index (χ2n) is 5.03. The van der Waals surface area contributed by atoms with Crippen molar-refractivity contribution in [2.75, 3.05) is 12.8 Å². The van der Waals surface area contributed by atoms with E-state index in [2.05, 4.69) is 0 Å². The van der Waals surface area contributed by atoms with E-state index in [-0.39, 0.29) is 11.5 Å². The predicted octanol–water partition coefficient (Wildman–Crippen LogP) is 2.70. The number of rotatable bonds is 5. The van der Waals surface area contributed by atoms with Crippen molar-refractivity contribution in [1.82, 2.24) is 0 Å². The summed E-state index contributed by atoms with van der Waals surface area (Å²) in [6.07, 6.45) is 0. The normalized spacial score (nSPS) is 11.3. The van der Waals surface area contributed by atoms with Crippen molar-refractivity contribution >= 4 is 15.5 Å². The van der Waals surface area contributed by atoms with Crippen molar-refractivity contribution in [3.63, 3.8) is 0 Å². The molecular formula is C16H19NO3S. The molecule has 0 aliphatic rings. The van der Waals surface area contributed by atoms with E-state index in [1.807, 2.05) is 31.2 Å². The molecule has 0 saturated heterocycles. The molecule has 0 aromatic heterocycles. The van der Waals surface area contributed by atoms with Gasteiger partial charge in [0, 0.05) is 17.3 Å². The second-order valence-corrected chi connectivity index (χ2v) is 7.09. The van der Waals surface area contributed by atoms with Gasteiger partial charge in [-0.2, -0.15) is 0 Å². The summed E-state index contributed by atoms with van der Waals surface area (Å²) in [5.41, 5.74) is 8.66. The van der Waals surface area contributed by atoms with Crippen LogP contribution < -0.4 is 10.5 Å². The van der Waals surface area contributed by atoms with Crippen molar-refractivity contribution in [2.24, 2.45) is 0 Å². The zero-order chi connectivity index (χ0) is 15.5. The van der Waals surface area contributed by atoms with Crippen LogP contribution in [-0.2, 0) is 21.3 Å². The van der Waals surface area contributed by atoms with Crippen molar-refractivity contribution in [3.05, 3.63) is 59.2 Å². The van der Waals surface area contributed by atoms with Crippen LogP contribution in [-0.4, -0.2) is 15.5 Å². The van der Waals surface area contributed by atoms with Gasteiger partial charge in [-0.15, -0.1) is 0 Å². The Bertz CT molecular complexity index is 739. The molecule has 2 aromatic rings. The lowest BCUT2D eigenvalue weighted by Gasteiger charge is -2.11. The number of hydrogen-bond acceptors (Lipinski definition) is 4. The second kappa shape index (κ2) is 6.18. The Kier molecular flexibility index (Phi) is 4.53. The van der Waals surface area contributed by atoms with Crippen LogP contribution in [0.25, 0.3) is 0 Å². The van der Waals surface area contributed by atoms with Gasteiger partial charge in [-0.05, 0) is 24.1 Å². The monoisotopic (exact) mass is 305 g/mol. The maximum Gasteiger partial charge on any atom is 0.158 e. The van der Waals surface area contributed by atoms with E-state index < -0.39 is 9.84 Å². The fourth-order valence-electron chi connectivity index (χ4n) is 2.18. The van der Waals surface area contributed by atoms with Gasteiger partial charge in [-0.1, -0.05) is 30.3 Å². The fraction of sp³-hybridized carbons (Fsp3) is 0.250. The van der Waals surface area contributed by atoms with Gasteiger partial charge in [0.25, 0.3) is 0 Å². The first-order chi connectivity index (χ1) is 9.91. The van der Waals surface area contributed by atoms with Crippen LogP contribution in [0.15, 0.2) is 42.5 Å². The minimum Gasteiger partial charge on any atom is -0.496 e. The lowest BCUT2D eigenvalue weighted by Crippen LogP contribution is -2.09. The van der Waals surface area contributed by atoms with Gasteiger partial charge in [-0.25, -0.2) is 8.42 Å². The largest absolute Gasteiger partial charge is 0.496 e. The van der Waals surface area contributed by atoms with Crippen LogP contribution in [0.2, 0.25) is 0 Å². The molecule has 4 nitrogen and oxygen atoms in total. The number of sulfone groups is 1. The Morgan fingerprint density at radius 1 is 1.05 bits per heavy atom. The summed E-state index contributed by atoms with van der Waals surface area (Å²) in [6, 6.07) is 12.5. The SMILES string of the molecule is COc1cc(N)ccc1CS(=O)(=O)Cc1ccccc1C. The van der Waals surface area contributed by atoms with Gasteiger partial charge in [0.05, 0.1) is 18.6 Å². The van der Waals surface area contributed by atoms with Crippen molar-refractivity contribution in [3.8, 4) is 5.75 Å². The number of anilines is 1. The average molecular weight is 305 g/mol. The van der Waals surface area contributed by atoms with E-state index in [9.17, 15) is 8.42 Å². The van der Waals surface area contributed by atoms with Crippen LogP contribution in [0, 0.1) is 6.92 Å². The summed E-state index contributed by atoms with van der Waals surface area (Å²) < 4.78 is 30.0. The lowest BCUT2D eigenvalue weighted by molar-refractivity contribution is 0.411. The molecule has 0 aliphatic heterocycles. The molecule has 2 rings (SSSR count). The van der Waals surface area contributed by atoms with Crippen LogP contribution in [0.1, 0.15) is 16.7 Å². The Balaban J connectivity index is 2.24. The zero-order valence-electron chi connectivity index (χ0n) is 12.2. The molecule has 0 unspecified atom stereocenters. The lowest BCUT2D eigenvalue weighted by atomic mass is 10.1. The number of nitrogens with two attached hydrogens (primary N) is 1. The maximum absolute atomic E-state index is 12.4. The molecule has 0 amide bonds. The molecule has 2 aromatic carbocycles. The topological polar surface area (TPSA) is 69.4 Å². The van der Waals surface area contributed by atoms with E-state index in [1.165, 1.54) is 7.11 Å². The Labute approximate surface area is 125 Å². The first-order valence-corrected chi connectivity index (χ1v) is 8.41. The van der Waals surface area contributed by atoms with E-state index >= 15 is 0 Å². The summed E-state index contributed by atoms with van der Waals surface area (Å²) in [6.45, 7) is 1.91. The number of nitrogen functional groups attached to an aromatic ring is 1. The molecule has 21 heavy (non-hydrogen) atoms. The Morgan fingerprint density at radius 2 is 1.71 bits per heavy atom. The summed E-state index contributed by atoms with van der Waals surface area (Å²) in [5, 5.41) is 0. The number of methoxy groups -OCH3 is 1. The molecule has 2 N–H and O–H groups in total. The van der Waals surface area contributed by atoms with E-state index in [0.717, 1.165) is 11.1 Å². The molecule has 0 heterocycles. The predicted molar refractivity (Wildman–Crippen MR) is 84.9 cm³/mol. The first-order valence-electron chi connectivity index (χ1n) is 6.58. The average Bonchev–Trinajstić information content (AvgIpc) is 2.43. The maximum atomic E-state index is 12.4. The van der Waals surface area contributed by atoms with Crippen LogP contribution in [0.4, 0.5) is 5.69 Å². The fourth-order valence-corrected chi connectivity index (χ4v) is 3.79. The molecule has 0 radical (unpaired) electrons. The van der Waals surface area contributed by atoms with Crippen molar-refractivity contribution in [1.29, 1.82) is 0 Å². The summed E-state index contributed by atoms with van der Waals surface area (Å²) in [4.78, 5) is 0. The van der Waals surface area contributed by atoms with Crippen LogP contribution >= 0.6 is 0 Å². The number of hydrogen-bond donors (Lipinski definition) is 1. The zero-order valence-corrected chi connectivity index (χ0v) is 13.0. The third kappa shape index (κ3) is 3.98. The van der Waals surface area contributed by atoms with Gasteiger partial charge in [0.2, 0.25) is 0 Å². The van der Waals surface area contributed by atoms with Crippen LogP contribution in [0.3, 0.4) is 0 Å². The molecular weight excluding hydrogens is 286 g/mol. The van der Waals surface area contributed by atoms with Gasteiger partial charge in [0.15, 0.2) is 9.84 Å². The molecule has 5 heteroatoms. The molecule has 0 aliphatic carbocycles. The number of aryl methyl sites for hydroxylation is 1. The Hall–Kier alpha value is -2.01. The summed E-state index contributed by atoms with van der Waals surface area (Å²) in [7, 11) is -1.77. The Morgan fingerprint density at radius 3 is 2.38 bits per heavy atom. The highest BCUT2D eigenvalue weighted by Crippen LogP contribution is 2.25. The van der Waals surface area contributed by atoms with Gasteiger partial charge in [0.1, 0.15) is 5.75 Å². The summed E-state index contributed by atoms with van der Waals surface area (Å²) in [5.74, 6) is 0.459. The van der Waals surface area contributed by atoms with Gasteiger partial charge >= 0.3 is 0 Å². The molecule has 0 atom stereocenters. The smallest absolute Gasteiger partial charge is 0.158 e. The van der Waals surface area contributed by atoms with Crippen molar-refractivity contribution < 1.29 is 13.2 Å². The van der Waals surface area contributed by atoms with E-state index in [4.69, 9.17) is 10.5 Å². The molecule has 0 spiro atoms. The third-order valence-electron chi connectivity index (χ3n) is 3.32. The highest BCUT2D eigenvalue weighted by atomic mass is 32.2. The summed E-state index contributed by atoms with van der Waals surface area (Å²) >= 11 is 0. The molecule has 0 saturated carbocycles. The standard InChI is InChI=1S/C16H19NO3S/c1-12-5-3-4-6-13(12)10-21(18,19)11-14-7-8-15(17)9-16(14)20-2/h3-9H,10-11,17H2,1-2H3. The quantitative estimate of drug-likeness (QED) is 0.862. The highest BCUT2D eigenvalue weighted by Gasteiger charge is 2.17. The minimum atomic E-state index is -3.28. The molecule has 112 valence electrons. The first kappa shape index (κ1) is 15.4. The van der Waals surface area contributed by atoms with Gasteiger partial charge < -0.3 is 10.5 Å². The highest BCUT2D eigenvalue weighted by molar-refractivity contribution is 7.89. The number of ether oxygens (including phenoxy) is 1. The molecule has 0 fully saturated rings. The van der Waals surface area contributed by atoms with Gasteiger partial charge in [-0.3, -0.25) is 0 Å². The van der Waals surface area contributed by atoms with Crippen LogP contribution in [0.5, 0.6) is 5.75 Å². The third-order valence-corrected chi connectivity index (χ3v) is 4.82. The van der Waals surface area contributed by atoms with E-state index in [0.29, 0.717) is 17.0 Å². The molecule has 0 bridgehead atoms. The van der Waals surface area contributed by atoms with E-state index in [1.54, 1.807) is 18.2 Å². The van der Waals surface area contributed by atoms with Crippen molar-refractivity contribution in [2.45, 2.75) is 18.4 Å². The minimum absolute atomic E-state index is 0.0210. The number of benzene rings is 2.